The Kier molecular flexibility index (Phi) is 5.23. The van der Waals surface area contributed by atoms with Crippen LogP contribution in [0, 0.1) is 0 Å². The Hall–Kier alpha value is -2.59. The summed E-state index contributed by atoms with van der Waals surface area (Å²) < 4.78 is 7.13. The SMILES string of the molecule is C[C@@H](Cc1ccccc1)Nc1ncnc2c1ncn2[C@H]1O[C@@H](CO)[C@H](O)[C@@H]1O. The molecule has 28 heavy (non-hydrogen) atoms. The van der Waals surface area contributed by atoms with Gasteiger partial charge in [0.2, 0.25) is 0 Å². The molecular formula is C19H23N5O4. The second-order valence-electron chi connectivity index (χ2n) is 7.01. The molecule has 3 aromatic rings. The lowest BCUT2D eigenvalue weighted by atomic mass is 10.1. The number of hydrogen-bond acceptors (Lipinski definition) is 8. The summed E-state index contributed by atoms with van der Waals surface area (Å²) in [5, 5.41) is 32.9. The van der Waals surface area contributed by atoms with Crippen LogP contribution in [0.4, 0.5) is 5.82 Å². The fraction of sp³-hybridized carbons (Fsp3) is 0.421. The van der Waals surface area contributed by atoms with Gasteiger partial charge in [0.15, 0.2) is 23.2 Å². The van der Waals surface area contributed by atoms with Gasteiger partial charge in [-0.1, -0.05) is 30.3 Å². The Balaban J connectivity index is 1.57. The van der Waals surface area contributed by atoms with Crippen molar-refractivity contribution in [3.05, 3.63) is 48.5 Å². The summed E-state index contributed by atoms with van der Waals surface area (Å²) >= 11 is 0. The topological polar surface area (TPSA) is 126 Å². The van der Waals surface area contributed by atoms with Crippen molar-refractivity contribution in [3.8, 4) is 0 Å². The smallest absolute Gasteiger partial charge is 0.167 e. The molecular weight excluding hydrogens is 362 g/mol. The van der Waals surface area contributed by atoms with E-state index in [0.29, 0.717) is 17.0 Å². The van der Waals surface area contributed by atoms with Gasteiger partial charge in [0.1, 0.15) is 24.6 Å². The molecule has 0 saturated carbocycles. The van der Waals surface area contributed by atoms with Gasteiger partial charge in [-0.15, -0.1) is 0 Å². The number of nitrogens with one attached hydrogen (secondary N) is 1. The van der Waals surface area contributed by atoms with Crippen LogP contribution in [0.1, 0.15) is 18.7 Å². The van der Waals surface area contributed by atoms with Crippen molar-refractivity contribution in [2.24, 2.45) is 0 Å². The summed E-state index contributed by atoms with van der Waals surface area (Å²) in [6.07, 6.45) is -0.395. The molecule has 4 N–H and O–H groups in total. The van der Waals surface area contributed by atoms with Gasteiger partial charge in [0, 0.05) is 6.04 Å². The molecule has 0 radical (unpaired) electrons. The molecule has 9 heteroatoms. The molecule has 4 rings (SSSR count). The lowest BCUT2D eigenvalue weighted by Gasteiger charge is -2.17. The number of aliphatic hydroxyl groups is 3. The normalized spacial score (nSPS) is 25.9. The van der Waals surface area contributed by atoms with Gasteiger partial charge in [0.25, 0.3) is 0 Å². The van der Waals surface area contributed by atoms with Gasteiger partial charge in [-0.3, -0.25) is 4.57 Å². The highest BCUT2D eigenvalue weighted by Crippen LogP contribution is 2.32. The Morgan fingerprint density at radius 1 is 1.14 bits per heavy atom. The minimum atomic E-state index is -1.20. The number of rotatable bonds is 6. The molecule has 0 bridgehead atoms. The number of aromatic nitrogens is 4. The van der Waals surface area contributed by atoms with Crippen molar-refractivity contribution < 1.29 is 20.1 Å². The van der Waals surface area contributed by atoms with E-state index in [9.17, 15) is 15.3 Å². The first-order valence-corrected chi connectivity index (χ1v) is 9.19. The van der Waals surface area contributed by atoms with Crippen LogP contribution in [0.25, 0.3) is 11.2 Å². The Bertz CT molecular complexity index is 934. The minimum absolute atomic E-state index is 0.111. The summed E-state index contributed by atoms with van der Waals surface area (Å²) in [6.45, 7) is 1.67. The van der Waals surface area contributed by atoms with Crippen molar-refractivity contribution in [2.45, 2.75) is 43.9 Å². The molecule has 0 aliphatic carbocycles. The summed E-state index contributed by atoms with van der Waals surface area (Å²) in [5.41, 5.74) is 2.23. The van der Waals surface area contributed by atoms with E-state index in [1.165, 1.54) is 18.2 Å². The molecule has 1 aromatic carbocycles. The van der Waals surface area contributed by atoms with Gasteiger partial charge in [-0.25, -0.2) is 15.0 Å². The average molecular weight is 385 g/mol. The van der Waals surface area contributed by atoms with E-state index in [-0.39, 0.29) is 12.6 Å². The summed E-state index contributed by atoms with van der Waals surface area (Å²) in [6, 6.07) is 10.3. The Labute approximate surface area is 161 Å². The van der Waals surface area contributed by atoms with Gasteiger partial charge < -0.3 is 25.4 Å². The maximum absolute atomic E-state index is 10.3. The monoisotopic (exact) mass is 385 g/mol. The highest BCUT2D eigenvalue weighted by molar-refractivity contribution is 5.82. The maximum Gasteiger partial charge on any atom is 0.167 e. The second kappa shape index (κ2) is 7.80. The van der Waals surface area contributed by atoms with Crippen LogP contribution >= 0.6 is 0 Å². The van der Waals surface area contributed by atoms with Crippen molar-refractivity contribution in [2.75, 3.05) is 11.9 Å². The summed E-state index contributed by atoms with van der Waals surface area (Å²) in [4.78, 5) is 12.9. The Morgan fingerprint density at radius 2 is 1.93 bits per heavy atom. The van der Waals surface area contributed by atoms with Crippen LogP contribution in [0.15, 0.2) is 43.0 Å². The lowest BCUT2D eigenvalue weighted by Crippen LogP contribution is -2.33. The molecule has 9 nitrogen and oxygen atoms in total. The number of imidazole rings is 1. The van der Waals surface area contributed by atoms with E-state index >= 15 is 0 Å². The largest absolute Gasteiger partial charge is 0.394 e. The number of nitrogens with zero attached hydrogens (tertiary/aromatic N) is 4. The number of anilines is 1. The predicted molar refractivity (Wildman–Crippen MR) is 102 cm³/mol. The molecule has 2 aromatic heterocycles. The molecule has 3 heterocycles. The van der Waals surface area contributed by atoms with Crippen molar-refractivity contribution in [1.29, 1.82) is 0 Å². The van der Waals surface area contributed by atoms with Gasteiger partial charge in [0.05, 0.1) is 12.9 Å². The molecule has 148 valence electrons. The Morgan fingerprint density at radius 3 is 2.64 bits per heavy atom. The fourth-order valence-electron chi connectivity index (χ4n) is 3.51. The van der Waals surface area contributed by atoms with Crippen LogP contribution in [0.5, 0.6) is 0 Å². The van der Waals surface area contributed by atoms with Crippen molar-refractivity contribution >= 4 is 17.0 Å². The zero-order valence-electron chi connectivity index (χ0n) is 15.4. The van der Waals surface area contributed by atoms with Crippen LogP contribution < -0.4 is 5.32 Å². The number of ether oxygens (including phenoxy) is 1. The zero-order valence-corrected chi connectivity index (χ0v) is 15.4. The van der Waals surface area contributed by atoms with E-state index in [4.69, 9.17) is 4.74 Å². The first-order valence-electron chi connectivity index (χ1n) is 9.19. The molecule has 0 amide bonds. The van der Waals surface area contributed by atoms with Crippen molar-refractivity contribution in [1.82, 2.24) is 19.5 Å². The molecule has 1 saturated heterocycles. The highest BCUT2D eigenvalue weighted by Gasteiger charge is 2.44. The van der Waals surface area contributed by atoms with Crippen molar-refractivity contribution in [3.63, 3.8) is 0 Å². The van der Waals surface area contributed by atoms with E-state index < -0.39 is 24.5 Å². The number of aliphatic hydroxyl groups excluding tert-OH is 3. The summed E-state index contributed by atoms with van der Waals surface area (Å²) in [5.74, 6) is 0.582. The number of fused-ring (bicyclic) bond motifs is 1. The molecule has 1 aliphatic rings. The highest BCUT2D eigenvalue weighted by atomic mass is 16.6. The van der Waals surface area contributed by atoms with E-state index in [1.807, 2.05) is 18.2 Å². The predicted octanol–water partition coefficient (Wildman–Crippen LogP) is 0.481. The van der Waals surface area contributed by atoms with E-state index in [1.54, 1.807) is 4.57 Å². The quantitative estimate of drug-likeness (QED) is 0.483. The second-order valence-corrected chi connectivity index (χ2v) is 7.01. The molecule has 1 aliphatic heterocycles. The number of benzene rings is 1. The standard InChI is InChI=1S/C19H23N5O4/c1-11(7-12-5-3-2-4-6-12)23-17-14-18(21-9-20-17)24(10-22-14)19-16(27)15(26)13(8-25)28-19/h2-6,9-11,13,15-16,19,25-27H,7-8H2,1H3,(H,20,21,23)/t11-,13-,15-,16-,19-/m0/s1. The van der Waals surface area contributed by atoms with Gasteiger partial charge >= 0.3 is 0 Å². The summed E-state index contributed by atoms with van der Waals surface area (Å²) in [7, 11) is 0. The van der Waals surface area contributed by atoms with E-state index in [2.05, 4.69) is 39.3 Å². The fourth-order valence-corrected chi connectivity index (χ4v) is 3.51. The lowest BCUT2D eigenvalue weighted by molar-refractivity contribution is -0.0511. The third-order valence-corrected chi connectivity index (χ3v) is 4.92. The van der Waals surface area contributed by atoms with Crippen LogP contribution in [0.3, 0.4) is 0 Å². The van der Waals surface area contributed by atoms with Crippen LogP contribution in [-0.4, -0.2) is 65.8 Å². The van der Waals surface area contributed by atoms with Gasteiger partial charge in [-0.05, 0) is 18.9 Å². The average Bonchev–Trinajstić information content (AvgIpc) is 3.25. The zero-order chi connectivity index (χ0) is 19.7. The van der Waals surface area contributed by atoms with Crippen LogP contribution in [0.2, 0.25) is 0 Å². The van der Waals surface area contributed by atoms with Gasteiger partial charge in [-0.2, -0.15) is 0 Å². The van der Waals surface area contributed by atoms with E-state index in [0.717, 1.165) is 6.42 Å². The molecule has 0 unspecified atom stereocenters. The third-order valence-electron chi connectivity index (χ3n) is 4.92. The minimum Gasteiger partial charge on any atom is -0.394 e. The first kappa shape index (κ1) is 18.8. The molecule has 5 atom stereocenters. The maximum atomic E-state index is 10.3. The molecule has 0 spiro atoms. The van der Waals surface area contributed by atoms with Crippen LogP contribution in [-0.2, 0) is 11.2 Å². The third kappa shape index (κ3) is 3.45. The number of hydrogen-bond donors (Lipinski definition) is 4. The first-order chi connectivity index (χ1) is 13.6. The molecule has 1 fully saturated rings.